The lowest BCUT2D eigenvalue weighted by atomic mass is 10.2. The third kappa shape index (κ3) is 2.15. The highest BCUT2D eigenvalue weighted by molar-refractivity contribution is 7.14. The molecule has 0 amide bonds. The first-order valence-corrected chi connectivity index (χ1v) is 6.62. The van der Waals surface area contributed by atoms with E-state index in [9.17, 15) is 4.79 Å². The molecule has 18 heavy (non-hydrogen) atoms. The van der Waals surface area contributed by atoms with Crippen molar-refractivity contribution in [3.63, 3.8) is 0 Å². The summed E-state index contributed by atoms with van der Waals surface area (Å²) in [4.78, 5) is 17.8. The van der Waals surface area contributed by atoms with Crippen molar-refractivity contribution in [3.8, 4) is 0 Å². The Morgan fingerprint density at radius 2 is 2.44 bits per heavy atom. The van der Waals surface area contributed by atoms with Crippen LogP contribution in [0.15, 0.2) is 10.6 Å². The van der Waals surface area contributed by atoms with Crippen molar-refractivity contribution < 1.29 is 14.1 Å². The molecule has 0 saturated carbocycles. The van der Waals surface area contributed by atoms with Gasteiger partial charge in [-0.25, -0.2) is 4.79 Å². The average molecular weight is 264 g/mol. The van der Waals surface area contributed by atoms with Gasteiger partial charge in [0.05, 0.1) is 0 Å². The Hall–Kier alpha value is -1.69. The zero-order valence-electron chi connectivity index (χ0n) is 9.93. The molecule has 2 heterocycles. The molecule has 5 nitrogen and oxygen atoms in total. The Morgan fingerprint density at radius 3 is 3.17 bits per heavy atom. The molecule has 0 aliphatic heterocycles. The molecule has 0 fully saturated rings. The standard InChI is InChI=1S/C12H12N2O3S/c1-7-13-11(17-14-7)6-16-12(15)10-5-8-3-2-4-9(8)18-10/h5H,2-4,6H2,1H3. The molecule has 3 rings (SSSR count). The van der Waals surface area contributed by atoms with E-state index >= 15 is 0 Å². The summed E-state index contributed by atoms with van der Waals surface area (Å²) in [5, 5.41) is 3.63. The molecule has 2 aromatic heterocycles. The van der Waals surface area contributed by atoms with Crippen LogP contribution in [-0.2, 0) is 24.2 Å². The summed E-state index contributed by atoms with van der Waals surface area (Å²) in [6.45, 7) is 1.75. The number of aryl methyl sites for hydroxylation is 3. The third-order valence-corrected chi connectivity index (χ3v) is 4.06. The van der Waals surface area contributed by atoms with Crippen LogP contribution >= 0.6 is 11.3 Å². The number of carbonyl (C=O) groups excluding carboxylic acids is 1. The summed E-state index contributed by atoms with van der Waals surface area (Å²) >= 11 is 1.53. The Morgan fingerprint density at radius 1 is 1.56 bits per heavy atom. The van der Waals surface area contributed by atoms with Crippen LogP contribution in [-0.4, -0.2) is 16.1 Å². The molecule has 94 valence electrons. The lowest BCUT2D eigenvalue weighted by molar-refractivity contribution is 0.0435. The first-order valence-electron chi connectivity index (χ1n) is 5.80. The van der Waals surface area contributed by atoms with Crippen LogP contribution in [0.4, 0.5) is 0 Å². The zero-order valence-corrected chi connectivity index (χ0v) is 10.7. The van der Waals surface area contributed by atoms with Gasteiger partial charge in [0.15, 0.2) is 12.4 Å². The summed E-state index contributed by atoms with van der Waals surface area (Å²) in [5.41, 5.74) is 1.29. The average Bonchev–Trinajstić information content (AvgIpc) is 3.00. The smallest absolute Gasteiger partial charge is 0.348 e. The highest BCUT2D eigenvalue weighted by Crippen LogP contribution is 2.30. The molecule has 0 atom stereocenters. The molecule has 1 aliphatic carbocycles. The maximum absolute atomic E-state index is 11.8. The van der Waals surface area contributed by atoms with E-state index in [0.29, 0.717) is 16.6 Å². The second-order valence-corrected chi connectivity index (χ2v) is 5.36. The van der Waals surface area contributed by atoms with Crippen LogP contribution in [0.2, 0.25) is 0 Å². The monoisotopic (exact) mass is 264 g/mol. The maximum atomic E-state index is 11.8. The van der Waals surface area contributed by atoms with E-state index in [1.807, 2.05) is 6.07 Å². The van der Waals surface area contributed by atoms with Crippen molar-refractivity contribution in [2.45, 2.75) is 32.8 Å². The van der Waals surface area contributed by atoms with E-state index in [2.05, 4.69) is 10.1 Å². The Balaban J connectivity index is 1.64. The fraction of sp³-hybridized carbons (Fsp3) is 0.417. The molecule has 0 spiro atoms. The number of esters is 1. The molecule has 6 heteroatoms. The fourth-order valence-corrected chi connectivity index (χ4v) is 3.17. The van der Waals surface area contributed by atoms with Gasteiger partial charge in [-0.3, -0.25) is 0 Å². The van der Waals surface area contributed by atoms with Gasteiger partial charge in [-0.05, 0) is 37.8 Å². The Kier molecular flexibility index (Phi) is 2.87. The summed E-state index contributed by atoms with van der Waals surface area (Å²) in [6, 6.07) is 1.94. The van der Waals surface area contributed by atoms with Crippen LogP contribution in [0.1, 0.15) is 38.2 Å². The first kappa shape index (κ1) is 11.4. The molecular formula is C12H12N2O3S. The minimum absolute atomic E-state index is 0.0300. The third-order valence-electron chi connectivity index (χ3n) is 2.84. The number of carbonyl (C=O) groups is 1. The van der Waals surface area contributed by atoms with E-state index in [-0.39, 0.29) is 12.6 Å². The van der Waals surface area contributed by atoms with Gasteiger partial charge >= 0.3 is 5.97 Å². The number of fused-ring (bicyclic) bond motifs is 1. The van der Waals surface area contributed by atoms with Crippen molar-refractivity contribution in [1.29, 1.82) is 0 Å². The number of hydrogen-bond donors (Lipinski definition) is 0. The zero-order chi connectivity index (χ0) is 12.5. The molecule has 2 aromatic rings. The summed E-state index contributed by atoms with van der Waals surface area (Å²) in [6.07, 6.45) is 3.34. The predicted molar refractivity (Wildman–Crippen MR) is 64.5 cm³/mol. The highest BCUT2D eigenvalue weighted by atomic mass is 32.1. The lowest BCUT2D eigenvalue weighted by Gasteiger charge is -1.98. The molecule has 0 unspecified atom stereocenters. The SMILES string of the molecule is Cc1noc(COC(=O)c2cc3c(s2)CCC3)n1. The molecule has 0 N–H and O–H groups in total. The summed E-state index contributed by atoms with van der Waals surface area (Å²) < 4.78 is 10.0. The second-order valence-electron chi connectivity index (χ2n) is 4.22. The van der Waals surface area contributed by atoms with Crippen molar-refractivity contribution in [2.75, 3.05) is 0 Å². The first-order chi connectivity index (χ1) is 8.72. The Labute approximate surface area is 108 Å². The molecule has 1 aliphatic rings. The molecule has 0 saturated heterocycles. The molecule has 0 radical (unpaired) electrons. The number of thiophene rings is 1. The van der Waals surface area contributed by atoms with E-state index in [1.54, 1.807) is 6.92 Å². The van der Waals surface area contributed by atoms with Crippen LogP contribution in [0, 0.1) is 6.92 Å². The van der Waals surface area contributed by atoms with Crippen molar-refractivity contribution in [3.05, 3.63) is 33.1 Å². The van der Waals surface area contributed by atoms with E-state index in [0.717, 1.165) is 12.8 Å². The van der Waals surface area contributed by atoms with Gasteiger partial charge in [0, 0.05) is 4.88 Å². The number of nitrogens with zero attached hydrogens (tertiary/aromatic N) is 2. The number of aromatic nitrogens is 2. The van der Waals surface area contributed by atoms with Crippen LogP contribution in [0.5, 0.6) is 0 Å². The van der Waals surface area contributed by atoms with Crippen LogP contribution in [0.3, 0.4) is 0 Å². The fourth-order valence-electron chi connectivity index (χ4n) is 2.03. The lowest BCUT2D eigenvalue weighted by Crippen LogP contribution is -2.03. The molecule has 0 bridgehead atoms. The minimum Gasteiger partial charge on any atom is -0.451 e. The van der Waals surface area contributed by atoms with Gasteiger partial charge in [-0.2, -0.15) is 4.98 Å². The second kappa shape index (κ2) is 4.53. The van der Waals surface area contributed by atoms with Gasteiger partial charge in [0.1, 0.15) is 4.88 Å². The van der Waals surface area contributed by atoms with Crippen LogP contribution in [0.25, 0.3) is 0 Å². The topological polar surface area (TPSA) is 65.2 Å². The van der Waals surface area contributed by atoms with Crippen LogP contribution < -0.4 is 0 Å². The van der Waals surface area contributed by atoms with E-state index in [1.165, 1.54) is 28.2 Å². The van der Waals surface area contributed by atoms with Gasteiger partial charge in [0.25, 0.3) is 5.89 Å². The molecule has 0 aromatic carbocycles. The minimum atomic E-state index is -0.315. The van der Waals surface area contributed by atoms with Crippen molar-refractivity contribution in [2.24, 2.45) is 0 Å². The van der Waals surface area contributed by atoms with Gasteiger partial charge in [-0.1, -0.05) is 5.16 Å². The molecular weight excluding hydrogens is 252 g/mol. The van der Waals surface area contributed by atoms with Crippen molar-refractivity contribution in [1.82, 2.24) is 10.1 Å². The number of hydrogen-bond acceptors (Lipinski definition) is 6. The van der Waals surface area contributed by atoms with Gasteiger partial charge in [0.2, 0.25) is 0 Å². The Bertz CT molecular complexity index is 566. The normalized spacial score (nSPS) is 13.6. The number of ether oxygens (including phenoxy) is 1. The summed E-state index contributed by atoms with van der Waals surface area (Å²) in [7, 11) is 0. The predicted octanol–water partition coefficient (Wildman–Crippen LogP) is 2.29. The van der Waals surface area contributed by atoms with Gasteiger partial charge < -0.3 is 9.26 Å². The number of rotatable bonds is 3. The van der Waals surface area contributed by atoms with Gasteiger partial charge in [-0.15, -0.1) is 11.3 Å². The quantitative estimate of drug-likeness (QED) is 0.796. The van der Waals surface area contributed by atoms with Crippen molar-refractivity contribution >= 4 is 17.3 Å². The van der Waals surface area contributed by atoms with E-state index in [4.69, 9.17) is 9.26 Å². The largest absolute Gasteiger partial charge is 0.451 e. The summed E-state index contributed by atoms with van der Waals surface area (Å²) in [5.74, 6) is 0.548. The highest BCUT2D eigenvalue weighted by Gasteiger charge is 2.19. The maximum Gasteiger partial charge on any atom is 0.348 e. The van der Waals surface area contributed by atoms with E-state index < -0.39 is 0 Å².